The molecule has 3 aromatic rings. The Morgan fingerprint density at radius 2 is 2.19 bits per heavy atom. The van der Waals surface area contributed by atoms with Gasteiger partial charge in [0.15, 0.2) is 10.9 Å². The van der Waals surface area contributed by atoms with Gasteiger partial charge in [-0.3, -0.25) is 4.40 Å². The topological polar surface area (TPSA) is 63.0 Å². The third kappa shape index (κ3) is 5.23. The largest absolute Gasteiger partial charge is 0.493 e. The van der Waals surface area contributed by atoms with Gasteiger partial charge in [-0.05, 0) is 31.9 Å². The Morgan fingerprint density at radius 1 is 1.30 bits per heavy atom. The van der Waals surface area contributed by atoms with Gasteiger partial charge < -0.3 is 15.4 Å². The van der Waals surface area contributed by atoms with Crippen molar-refractivity contribution in [2.75, 3.05) is 13.2 Å². The van der Waals surface area contributed by atoms with Crippen LogP contribution in [-0.4, -0.2) is 28.5 Å². The van der Waals surface area contributed by atoms with E-state index in [4.69, 9.17) is 9.73 Å². The molecule has 2 aromatic heterocycles. The van der Waals surface area contributed by atoms with Crippen LogP contribution >= 0.6 is 11.3 Å². The van der Waals surface area contributed by atoms with Crippen molar-refractivity contribution in [3.05, 3.63) is 52.8 Å². The van der Waals surface area contributed by atoms with E-state index in [1.165, 1.54) is 5.56 Å². The molecule has 0 bridgehead atoms. The van der Waals surface area contributed by atoms with Crippen molar-refractivity contribution >= 4 is 22.3 Å². The third-order valence-corrected chi connectivity index (χ3v) is 4.79. The fraction of sp³-hybridized carbons (Fsp3) is 0.400. The van der Waals surface area contributed by atoms with Crippen LogP contribution in [0.15, 0.2) is 41.0 Å². The molecule has 0 unspecified atom stereocenters. The fourth-order valence-electron chi connectivity index (χ4n) is 2.68. The first-order valence-corrected chi connectivity index (χ1v) is 10.2. The minimum atomic E-state index is 0.562. The molecule has 6 nitrogen and oxygen atoms in total. The maximum atomic E-state index is 5.89. The van der Waals surface area contributed by atoms with E-state index in [0.29, 0.717) is 13.1 Å². The van der Waals surface area contributed by atoms with Crippen LogP contribution in [0.25, 0.3) is 4.96 Å². The number of imidazole rings is 1. The number of rotatable bonds is 8. The summed E-state index contributed by atoms with van der Waals surface area (Å²) in [5, 5.41) is 8.68. The lowest BCUT2D eigenvalue weighted by Gasteiger charge is -2.13. The van der Waals surface area contributed by atoms with Crippen LogP contribution in [0.4, 0.5) is 0 Å². The first kappa shape index (κ1) is 19.2. The molecule has 0 spiro atoms. The molecule has 0 atom stereocenters. The minimum absolute atomic E-state index is 0.562. The number of nitrogens with zero attached hydrogens (tertiary/aromatic N) is 3. The molecule has 0 saturated carbocycles. The number of hydrogen-bond donors (Lipinski definition) is 2. The summed E-state index contributed by atoms with van der Waals surface area (Å²) >= 11 is 1.63. The highest BCUT2D eigenvalue weighted by Crippen LogP contribution is 2.21. The Balaban J connectivity index is 1.67. The number of guanidine groups is 1. The van der Waals surface area contributed by atoms with Gasteiger partial charge in [-0.1, -0.05) is 19.1 Å². The highest BCUT2D eigenvalue weighted by Gasteiger charge is 2.06. The van der Waals surface area contributed by atoms with Gasteiger partial charge in [0.1, 0.15) is 5.75 Å². The Bertz CT molecular complexity index is 870. The molecule has 0 radical (unpaired) electrons. The van der Waals surface area contributed by atoms with Gasteiger partial charge in [0.05, 0.1) is 25.4 Å². The minimum Gasteiger partial charge on any atom is -0.493 e. The quantitative estimate of drug-likeness (QED) is 0.458. The number of aliphatic imine (C=N–C) groups is 1. The zero-order chi connectivity index (χ0) is 19.1. The lowest BCUT2D eigenvalue weighted by atomic mass is 10.1. The number of thiazole rings is 1. The molecule has 2 heterocycles. The van der Waals surface area contributed by atoms with E-state index in [9.17, 15) is 0 Å². The van der Waals surface area contributed by atoms with Gasteiger partial charge in [0, 0.05) is 29.9 Å². The molecule has 0 saturated heterocycles. The normalized spacial score (nSPS) is 11.7. The summed E-state index contributed by atoms with van der Waals surface area (Å²) in [4.78, 5) is 10.3. The molecule has 27 heavy (non-hydrogen) atoms. The van der Waals surface area contributed by atoms with Crippen molar-refractivity contribution in [2.45, 2.75) is 40.3 Å². The Kier molecular flexibility index (Phi) is 6.70. The molecule has 0 aliphatic rings. The van der Waals surface area contributed by atoms with Crippen LogP contribution in [0, 0.1) is 6.92 Å². The predicted octanol–water partition coefficient (Wildman–Crippen LogP) is 3.75. The molecular weight excluding hydrogens is 358 g/mol. The number of aromatic nitrogens is 2. The smallest absolute Gasteiger partial charge is 0.193 e. The van der Waals surface area contributed by atoms with E-state index in [0.717, 1.165) is 47.5 Å². The van der Waals surface area contributed by atoms with Crippen LogP contribution in [0.3, 0.4) is 0 Å². The molecule has 2 N–H and O–H groups in total. The van der Waals surface area contributed by atoms with Crippen LogP contribution in [0.2, 0.25) is 0 Å². The number of ether oxygens (including phenoxy) is 1. The molecule has 0 aliphatic heterocycles. The monoisotopic (exact) mass is 385 g/mol. The zero-order valence-corrected chi connectivity index (χ0v) is 17.0. The van der Waals surface area contributed by atoms with Crippen molar-refractivity contribution in [3.63, 3.8) is 0 Å². The zero-order valence-electron chi connectivity index (χ0n) is 16.2. The summed E-state index contributed by atoms with van der Waals surface area (Å²) in [6.07, 6.45) is 5.05. The van der Waals surface area contributed by atoms with E-state index >= 15 is 0 Å². The van der Waals surface area contributed by atoms with Crippen molar-refractivity contribution in [1.82, 2.24) is 20.0 Å². The SMILES string of the molecule is CCCOc1cc(C)ccc1CN=C(NCC)NCc1cn2ccsc2n1. The molecule has 0 aliphatic carbocycles. The molecule has 7 heteroatoms. The second kappa shape index (κ2) is 9.41. The average Bonchev–Trinajstić information content (AvgIpc) is 3.25. The highest BCUT2D eigenvalue weighted by atomic mass is 32.1. The van der Waals surface area contributed by atoms with E-state index in [1.54, 1.807) is 11.3 Å². The number of hydrogen-bond acceptors (Lipinski definition) is 4. The first-order chi connectivity index (χ1) is 13.2. The van der Waals surface area contributed by atoms with E-state index in [1.807, 2.05) is 22.2 Å². The van der Waals surface area contributed by atoms with Crippen LogP contribution < -0.4 is 15.4 Å². The van der Waals surface area contributed by atoms with Crippen molar-refractivity contribution in [2.24, 2.45) is 4.99 Å². The summed E-state index contributed by atoms with van der Waals surface area (Å²) in [6.45, 7) is 8.97. The molecule has 0 fully saturated rings. The number of aryl methyl sites for hydroxylation is 1. The Labute approximate surface area is 164 Å². The highest BCUT2D eigenvalue weighted by molar-refractivity contribution is 7.15. The van der Waals surface area contributed by atoms with Gasteiger partial charge in [-0.2, -0.15) is 0 Å². The molecule has 0 amide bonds. The second-order valence-corrected chi connectivity index (χ2v) is 7.21. The molecule has 3 rings (SSSR count). The Morgan fingerprint density at radius 3 is 2.96 bits per heavy atom. The van der Waals surface area contributed by atoms with E-state index in [2.05, 4.69) is 54.6 Å². The molecular formula is C20H27N5OS. The van der Waals surface area contributed by atoms with Crippen LogP contribution in [-0.2, 0) is 13.1 Å². The van der Waals surface area contributed by atoms with Gasteiger partial charge in [0.25, 0.3) is 0 Å². The maximum Gasteiger partial charge on any atom is 0.193 e. The third-order valence-electron chi connectivity index (χ3n) is 4.02. The lowest BCUT2D eigenvalue weighted by molar-refractivity contribution is 0.314. The summed E-state index contributed by atoms with van der Waals surface area (Å²) in [7, 11) is 0. The Hall–Kier alpha value is -2.54. The standard InChI is InChI=1S/C20H27N5OS/c1-4-9-26-18-11-15(3)6-7-16(18)12-22-19(21-5-2)23-13-17-14-25-8-10-27-20(25)24-17/h6-8,10-11,14H,4-5,9,12-13H2,1-3H3,(H2,21,22,23). The van der Waals surface area contributed by atoms with E-state index < -0.39 is 0 Å². The number of fused-ring (bicyclic) bond motifs is 1. The van der Waals surface area contributed by atoms with Gasteiger partial charge in [-0.15, -0.1) is 11.3 Å². The van der Waals surface area contributed by atoms with Gasteiger partial charge in [-0.25, -0.2) is 9.98 Å². The molecule has 144 valence electrons. The number of nitrogens with one attached hydrogen (secondary N) is 2. The second-order valence-electron chi connectivity index (χ2n) is 6.33. The summed E-state index contributed by atoms with van der Waals surface area (Å²) < 4.78 is 7.93. The molecule has 1 aromatic carbocycles. The van der Waals surface area contributed by atoms with Crippen molar-refractivity contribution in [1.29, 1.82) is 0 Å². The fourth-order valence-corrected chi connectivity index (χ4v) is 3.40. The summed E-state index contributed by atoms with van der Waals surface area (Å²) in [5.74, 6) is 1.70. The maximum absolute atomic E-state index is 5.89. The van der Waals surface area contributed by atoms with Crippen molar-refractivity contribution < 1.29 is 4.74 Å². The van der Waals surface area contributed by atoms with Gasteiger partial charge >= 0.3 is 0 Å². The summed E-state index contributed by atoms with van der Waals surface area (Å²) in [6, 6.07) is 6.28. The van der Waals surface area contributed by atoms with Crippen molar-refractivity contribution in [3.8, 4) is 5.75 Å². The first-order valence-electron chi connectivity index (χ1n) is 9.35. The summed E-state index contributed by atoms with van der Waals surface area (Å²) in [5.41, 5.74) is 3.28. The van der Waals surface area contributed by atoms with Crippen LogP contribution in [0.5, 0.6) is 5.75 Å². The van der Waals surface area contributed by atoms with Gasteiger partial charge in [0.2, 0.25) is 0 Å². The number of benzene rings is 1. The lowest BCUT2D eigenvalue weighted by Crippen LogP contribution is -2.36. The van der Waals surface area contributed by atoms with E-state index in [-0.39, 0.29) is 0 Å². The van der Waals surface area contributed by atoms with Crippen LogP contribution in [0.1, 0.15) is 37.1 Å². The predicted molar refractivity (Wildman–Crippen MR) is 112 cm³/mol. The average molecular weight is 386 g/mol.